The van der Waals surface area contributed by atoms with Crippen molar-refractivity contribution >= 4 is 41.7 Å². The fourth-order valence-electron chi connectivity index (χ4n) is 2.44. The predicted molar refractivity (Wildman–Crippen MR) is 131 cm³/mol. The molecule has 7 nitrogen and oxygen atoms in total. The molecule has 1 aromatic carbocycles. The second-order valence-electron chi connectivity index (χ2n) is 6.45. The molecule has 0 bridgehead atoms. The first-order valence-corrected chi connectivity index (χ1v) is 10.9. The zero-order chi connectivity index (χ0) is 20.9. The van der Waals surface area contributed by atoms with Crippen molar-refractivity contribution in [1.82, 2.24) is 25.4 Å². The van der Waals surface area contributed by atoms with Crippen LogP contribution >= 0.6 is 35.7 Å². The summed E-state index contributed by atoms with van der Waals surface area (Å²) in [5, 5.41) is 14.9. The second-order valence-corrected chi connectivity index (χ2v) is 7.62. The lowest BCUT2D eigenvalue weighted by atomic mass is 10.4. The van der Waals surface area contributed by atoms with E-state index in [0.717, 1.165) is 67.4 Å². The van der Waals surface area contributed by atoms with E-state index in [-0.39, 0.29) is 29.8 Å². The highest BCUT2D eigenvalue weighted by Crippen LogP contribution is 2.18. The molecule has 1 heterocycles. The van der Waals surface area contributed by atoms with Gasteiger partial charge in [0.15, 0.2) is 11.8 Å². The number of halogens is 2. The van der Waals surface area contributed by atoms with Crippen molar-refractivity contribution in [3.05, 3.63) is 41.7 Å². The van der Waals surface area contributed by atoms with E-state index < -0.39 is 0 Å². The molecule has 0 aliphatic heterocycles. The van der Waals surface area contributed by atoms with Gasteiger partial charge in [0.2, 0.25) is 0 Å². The molecule has 0 aliphatic carbocycles. The Bertz CT molecular complexity index is 756. The SMILES string of the molecule is CCOCCCNC(=NCc1nnc(C)n1C)NCCCSc1ccc(F)cc1.I. The van der Waals surface area contributed by atoms with Crippen molar-refractivity contribution in [3.63, 3.8) is 0 Å². The lowest BCUT2D eigenvalue weighted by molar-refractivity contribution is 0.145. The van der Waals surface area contributed by atoms with Crippen molar-refractivity contribution in [2.24, 2.45) is 12.0 Å². The van der Waals surface area contributed by atoms with Crippen LogP contribution in [-0.2, 0) is 18.3 Å². The molecule has 30 heavy (non-hydrogen) atoms. The van der Waals surface area contributed by atoms with Crippen LogP contribution in [0.5, 0.6) is 0 Å². The van der Waals surface area contributed by atoms with Gasteiger partial charge in [-0.1, -0.05) is 0 Å². The third-order valence-electron chi connectivity index (χ3n) is 4.22. The fourth-order valence-corrected chi connectivity index (χ4v) is 3.29. The van der Waals surface area contributed by atoms with Crippen LogP contribution in [-0.4, -0.2) is 52.8 Å². The van der Waals surface area contributed by atoms with Gasteiger partial charge in [-0.15, -0.1) is 45.9 Å². The minimum Gasteiger partial charge on any atom is -0.382 e. The molecule has 0 radical (unpaired) electrons. The van der Waals surface area contributed by atoms with E-state index >= 15 is 0 Å². The molecule has 0 amide bonds. The summed E-state index contributed by atoms with van der Waals surface area (Å²) in [5.74, 6) is 3.19. The topological polar surface area (TPSA) is 76.4 Å². The lowest BCUT2D eigenvalue weighted by Crippen LogP contribution is -2.39. The molecule has 0 fully saturated rings. The van der Waals surface area contributed by atoms with Crippen LogP contribution in [0, 0.1) is 12.7 Å². The summed E-state index contributed by atoms with van der Waals surface area (Å²) in [7, 11) is 1.94. The first-order valence-electron chi connectivity index (χ1n) is 9.93. The van der Waals surface area contributed by atoms with E-state index in [1.54, 1.807) is 11.8 Å². The first-order chi connectivity index (χ1) is 14.1. The van der Waals surface area contributed by atoms with Gasteiger partial charge in [0.05, 0.1) is 0 Å². The van der Waals surface area contributed by atoms with Gasteiger partial charge in [-0.2, -0.15) is 0 Å². The number of rotatable bonds is 12. The molecule has 0 saturated heterocycles. The molecule has 2 aromatic rings. The molecular formula is C20H32FIN6OS. The number of aryl methyl sites for hydroxylation is 1. The van der Waals surface area contributed by atoms with Crippen LogP contribution in [0.15, 0.2) is 34.2 Å². The standard InChI is InChI=1S/C20H31FN6OS.HI/c1-4-28-13-5-11-22-20(24-15-19-26-25-16(2)27(19)3)23-12-6-14-29-18-9-7-17(21)8-10-18;/h7-10H,4-6,11-15H2,1-3H3,(H2,22,23,24);1H. The Labute approximate surface area is 199 Å². The maximum absolute atomic E-state index is 13.0. The maximum Gasteiger partial charge on any atom is 0.191 e. The van der Waals surface area contributed by atoms with E-state index in [0.29, 0.717) is 6.54 Å². The number of guanidine groups is 1. The van der Waals surface area contributed by atoms with E-state index in [1.165, 1.54) is 12.1 Å². The average Bonchev–Trinajstić information content (AvgIpc) is 3.04. The maximum atomic E-state index is 13.0. The number of ether oxygens (including phenoxy) is 1. The predicted octanol–water partition coefficient (Wildman–Crippen LogP) is 3.52. The smallest absolute Gasteiger partial charge is 0.191 e. The zero-order valence-electron chi connectivity index (χ0n) is 17.9. The molecule has 0 unspecified atom stereocenters. The Morgan fingerprint density at radius 2 is 1.87 bits per heavy atom. The molecule has 0 atom stereocenters. The molecule has 1 aromatic heterocycles. The monoisotopic (exact) mass is 550 g/mol. The summed E-state index contributed by atoms with van der Waals surface area (Å²) in [6.45, 7) is 7.42. The van der Waals surface area contributed by atoms with E-state index in [4.69, 9.17) is 4.74 Å². The molecular weight excluding hydrogens is 518 g/mol. The fraction of sp³-hybridized carbons (Fsp3) is 0.550. The zero-order valence-corrected chi connectivity index (χ0v) is 21.0. The number of thioether (sulfide) groups is 1. The van der Waals surface area contributed by atoms with Crippen LogP contribution in [0.1, 0.15) is 31.4 Å². The van der Waals surface area contributed by atoms with Crippen LogP contribution in [0.25, 0.3) is 0 Å². The number of hydrogen-bond donors (Lipinski definition) is 2. The molecule has 2 N–H and O–H groups in total. The number of nitrogens with zero attached hydrogens (tertiary/aromatic N) is 4. The van der Waals surface area contributed by atoms with Gasteiger partial charge in [0, 0.05) is 38.2 Å². The summed E-state index contributed by atoms with van der Waals surface area (Å²) in [6.07, 6.45) is 1.88. The first kappa shape index (κ1) is 26.6. The number of hydrogen-bond acceptors (Lipinski definition) is 5. The summed E-state index contributed by atoms with van der Waals surface area (Å²) in [5.41, 5.74) is 0. The lowest BCUT2D eigenvalue weighted by Gasteiger charge is -2.12. The summed E-state index contributed by atoms with van der Waals surface area (Å²) >= 11 is 1.72. The third-order valence-corrected chi connectivity index (χ3v) is 5.32. The Hall–Kier alpha value is -1.40. The molecule has 0 aliphatic rings. The molecule has 10 heteroatoms. The second kappa shape index (κ2) is 15.4. The van der Waals surface area contributed by atoms with Crippen LogP contribution in [0.4, 0.5) is 4.39 Å². The normalized spacial score (nSPS) is 11.3. The van der Waals surface area contributed by atoms with Crippen molar-refractivity contribution in [3.8, 4) is 0 Å². The number of nitrogens with one attached hydrogen (secondary N) is 2. The van der Waals surface area contributed by atoms with Gasteiger partial charge in [0.25, 0.3) is 0 Å². The van der Waals surface area contributed by atoms with E-state index in [9.17, 15) is 4.39 Å². The van der Waals surface area contributed by atoms with Crippen LogP contribution in [0.3, 0.4) is 0 Å². The van der Waals surface area contributed by atoms with Gasteiger partial charge < -0.3 is 19.9 Å². The number of benzene rings is 1. The third kappa shape index (κ3) is 10.1. The number of aliphatic imine (C=N–C) groups is 1. The molecule has 0 saturated carbocycles. The van der Waals surface area contributed by atoms with Crippen molar-refractivity contribution in [2.45, 2.75) is 38.1 Å². The highest BCUT2D eigenvalue weighted by molar-refractivity contribution is 14.0. The van der Waals surface area contributed by atoms with E-state index in [2.05, 4.69) is 25.8 Å². The Morgan fingerprint density at radius 1 is 1.17 bits per heavy atom. The molecule has 2 rings (SSSR count). The Balaban J connectivity index is 0.00000450. The van der Waals surface area contributed by atoms with Crippen molar-refractivity contribution in [2.75, 3.05) is 32.1 Å². The van der Waals surface area contributed by atoms with Crippen molar-refractivity contribution < 1.29 is 9.13 Å². The minimum atomic E-state index is -0.203. The molecule has 168 valence electrons. The summed E-state index contributed by atoms with van der Waals surface area (Å²) < 4.78 is 20.3. The van der Waals surface area contributed by atoms with Crippen LogP contribution in [0.2, 0.25) is 0 Å². The Morgan fingerprint density at radius 3 is 2.50 bits per heavy atom. The minimum absolute atomic E-state index is 0. The van der Waals surface area contributed by atoms with Gasteiger partial charge in [0.1, 0.15) is 18.2 Å². The summed E-state index contributed by atoms with van der Waals surface area (Å²) in [4.78, 5) is 5.71. The van der Waals surface area contributed by atoms with Crippen LogP contribution < -0.4 is 10.6 Å². The number of aromatic nitrogens is 3. The highest BCUT2D eigenvalue weighted by atomic mass is 127. The van der Waals surface area contributed by atoms with Gasteiger partial charge in [-0.05, 0) is 56.7 Å². The average molecular weight is 550 g/mol. The van der Waals surface area contributed by atoms with Gasteiger partial charge in [-0.3, -0.25) is 0 Å². The Kier molecular flexibility index (Phi) is 13.7. The largest absolute Gasteiger partial charge is 0.382 e. The van der Waals surface area contributed by atoms with Gasteiger partial charge >= 0.3 is 0 Å². The molecule has 0 spiro atoms. The highest BCUT2D eigenvalue weighted by Gasteiger charge is 2.05. The van der Waals surface area contributed by atoms with Crippen molar-refractivity contribution in [1.29, 1.82) is 0 Å². The van der Waals surface area contributed by atoms with Gasteiger partial charge in [-0.25, -0.2) is 9.38 Å². The summed E-state index contributed by atoms with van der Waals surface area (Å²) in [6, 6.07) is 6.60. The van der Waals surface area contributed by atoms with E-state index in [1.807, 2.05) is 37.6 Å². The quantitative estimate of drug-likeness (QED) is 0.139.